The number of piperidine rings is 1. The number of carbonyl (C=O) groups is 1. The van der Waals surface area contributed by atoms with E-state index < -0.39 is 12.0 Å². The highest BCUT2D eigenvalue weighted by Crippen LogP contribution is 2.38. The Morgan fingerprint density at radius 3 is 2.67 bits per heavy atom. The van der Waals surface area contributed by atoms with E-state index in [9.17, 15) is 4.79 Å². The minimum absolute atomic E-state index is 0.206. The lowest BCUT2D eigenvalue weighted by Crippen LogP contribution is -2.31. The van der Waals surface area contributed by atoms with E-state index in [0.29, 0.717) is 33.0 Å². The smallest absolute Gasteiger partial charge is 0.262 e. The minimum atomic E-state index is -0.631. The van der Waals surface area contributed by atoms with E-state index in [4.69, 9.17) is 36.6 Å². The van der Waals surface area contributed by atoms with Crippen LogP contribution in [0.3, 0.4) is 0 Å². The number of hydrogen-bond donors (Lipinski definition) is 3. The lowest BCUT2D eigenvalue weighted by Gasteiger charge is -2.24. The molecule has 0 bridgehead atoms. The van der Waals surface area contributed by atoms with Gasteiger partial charge in [0.15, 0.2) is 17.2 Å². The van der Waals surface area contributed by atoms with Crippen LogP contribution in [0.5, 0.6) is 17.2 Å². The summed E-state index contributed by atoms with van der Waals surface area (Å²) in [5.74, 6) is 1.31. The molecule has 4 N–H and O–H groups in total. The summed E-state index contributed by atoms with van der Waals surface area (Å²) >= 11 is 7.91. The van der Waals surface area contributed by atoms with Crippen molar-refractivity contribution in [1.82, 2.24) is 14.9 Å². The molecule has 5 rings (SSSR count). The number of anilines is 1. The normalized spacial score (nSPS) is 14.7. The van der Waals surface area contributed by atoms with Crippen LogP contribution in [-0.4, -0.2) is 49.3 Å². The first-order valence-corrected chi connectivity index (χ1v) is 14.2. The van der Waals surface area contributed by atoms with Gasteiger partial charge in [-0.05, 0) is 44.8 Å². The molecule has 212 valence electrons. The highest BCUT2D eigenvalue weighted by atomic mass is 35.5. The van der Waals surface area contributed by atoms with Crippen LogP contribution in [-0.2, 0) is 4.89 Å². The molecule has 1 fully saturated rings. The molecule has 4 aromatic rings. The van der Waals surface area contributed by atoms with E-state index in [0.717, 1.165) is 49.2 Å². The summed E-state index contributed by atoms with van der Waals surface area (Å²) in [6.07, 6.45) is 3.40. The fourth-order valence-electron chi connectivity index (χ4n) is 4.74. The summed E-state index contributed by atoms with van der Waals surface area (Å²) in [4.78, 5) is 28.4. The maximum absolute atomic E-state index is 12.3. The van der Waals surface area contributed by atoms with Crippen molar-refractivity contribution in [3.05, 3.63) is 58.2 Å². The molecule has 2 aromatic heterocycles. The number of nitrogens with one attached hydrogen (secondary N) is 2. The maximum atomic E-state index is 12.3. The lowest BCUT2D eigenvalue weighted by molar-refractivity contribution is -0.242. The predicted octanol–water partition coefficient (Wildman–Crippen LogP) is 5.34. The quantitative estimate of drug-likeness (QED) is 0.159. The van der Waals surface area contributed by atoms with Gasteiger partial charge in [0, 0.05) is 30.3 Å². The van der Waals surface area contributed by atoms with E-state index in [1.165, 1.54) is 11.3 Å². The van der Waals surface area contributed by atoms with Gasteiger partial charge in [-0.3, -0.25) is 9.36 Å². The molecule has 3 heterocycles. The number of hydrogen-bond acceptors (Lipinski definition) is 9. The number of benzene rings is 2. The van der Waals surface area contributed by atoms with Gasteiger partial charge in [-0.25, -0.2) is 4.98 Å². The molecular formula is C28H32ClN5O5S. The first-order chi connectivity index (χ1) is 19.4. The molecule has 40 heavy (non-hydrogen) atoms. The summed E-state index contributed by atoms with van der Waals surface area (Å²) in [6, 6.07) is 11.1. The second-order valence-electron chi connectivity index (χ2n) is 9.56. The van der Waals surface area contributed by atoms with Gasteiger partial charge >= 0.3 is 0 Å². The monoisotopic (exact) mass is 585 g/mol. The van der Waals surface area contributed by atoms with Crippen LogP contribution in [0.15, 0.2) is 42.7 Å². The number of aromatic nitrogens is 2. The Labute approximate surface area is 241 Å². The number of ether oxygens (including phenoxy) is 2. The molecule has 0 radical (unpaired) electrons. The lowest BCUT2D eigenvalue weighted by atomic mass is 9.98. The molecule has 1 aliphatic rings. The summed E-state index contributed by atoms with van der Waals surface area (Å²) in [5.41, 5.74) is 8.74. The zero-order valence-corrected chi connectivity index (χ0v) is 24.1. The van der Waals surface area contributed by atoms with Crippen molar-refractivity contribution in [2.45, 2.75) is 25.9 Å². The van der Waals surface area contributed by atoms with Crippen molar-refractivity contribution in [2.75, 3.05) is 39.2 Å². The van der Waals surface area contributed by atoms with Crippen molar-refractivity contribution in [3.63, 3.8) is 0 Å². The van der Waals surface area contributed by atoms with E-state index in [2.05, 4.69) is 15.6 Å². The number of carbonyl (C=O) groups excluding carboxylic acids is 1. The van der Waals surface area contributed by atoms with Crippen molar-refractivity contribution in [2.24, 2.45) is 11.7 Å². The van der Waals surface area contributed by atoms with Gasteiger partial charge < -0.3 is 30.7 Å². The molecule has 10 nitrogen and oxygen atoms in total. The van der Waals surface area contributed by atoms with E-state index in [1.54, 1.807) is 32.7 Å². The van der Waals surface area contributed by atoms with Crippen molar-refractivity contribution < 1.29 is 24.0 Å². The molecule has 0 saturated carbocycles. The molecule has 1 amide bonds. The number of imidazole rings is 1. The van der Waals surface area contributed by atoms with Crippen LogP contribution in [0.25, 0.3) is 16.0 Å². The number of rotatable bonds is 11. The first-order valence-electron chi connectivity index (χ1n) is 13.0. The Hall–Kier alpha value is -3.51. The van der Waals surface area contributed by atoms with Gasteiger partial charge in [0.1, 0.15) is 22.3 Å². The van der Waals surface area contributed by atoms with Crippen LogP contribution in [0, 0.1) is 5.92 Å². The summed E-state index contributed by atoms with van der Waals surface area (Å²) in [6.45, 7) is 4.77. The average molecular weight is 586 g/mol. The molecular weight excluding hydrogens is 554 g/mol. The second kappa shape index (κ2) is 12.3. The summed E-state index contributed by atoms with van der Waals surface area (Å²) in [5, 5.41) is 8.11. The Morgan fingerprint density at radius 2 is 1.95 bits per heavy atom. The average Bonchev–Trinajstić information content (AvgIpc) is 3.59. The number of amides is 1. The van der Waals surface area contributed by atoms with Gasteiger partial charge in [-0.2, -0.15) is 4.89 Å². The Balaban J connectivity index is 1.33. The fraction of sp³-hybridized carbons (Fsp3) is 0.357. The van der Waals surface area contributed by atoms with Crippen LogP contribution >= 0.6 is 22.9 Å². The number of methoxy groups -OCH3 is 2. The first kappa shape index (κ1) is 28.0. The predicted molar refractivity (Wildman–Crippen MR) is 156 cm³/mol. The molecule has 1 atom stereocenters. The number of fused-ring (bicyclic) bond motifs is 1. The van der Waals surface area contributed by atoms with Gasteiger partial charge in [0.2, 0.25) is 0 Å². The highest BCUT2D eigenvalue weighted by Gasteiger charge is 2.22. The Kier molecular flexibility index (Phi) is 8.65. The third-order valence-electron chi connectivity index (χ3n) is 6.99. The highest BCUT2D eigenvalue weighted by molar-refractivity contribution is 7.16. The summed E-state index contributed by atoms with van der Waals surface area (Å²) < 4.78 is 12.6. The standard InChI is InChI=1S/C28H32ClN5O5S/c1-16(18-5-4-6-19(26(18)29)32-14-17-7-9-31-10-8-17)38-39-24-13-25(40-27(24)28(30)35)34-15-33-20-11-22(36-2)23(37-3)12-21(20)34/h4-6,11-13,15-17,31-32H,7-10,14H2,1-3H3,(H2,30,35)/t16-/m1/s1. The number of thiophene rings is 1. The zero-order valence-electron chi connectivity index (χ0n) is 22.5. The fourth-order valence-corrected chi connectivity index (χ4v) is 6.00. The SMILES string of the molecule is COc1cc2ncn(-c3cc(OO[C@H](C)c4cccc(NCC5CCNCC5)c4Cl)c(C(N)=O)s3)c2cc1OC. The minimum Gasteiger partial charge on any atom is -0.493 e. The van der Waals surface area contributed by atoms with Gasteiger partial charge in [0.25, 0.3) is 5.91 Å². The third-order valence-corrected chi connectivity index (χ3v) is 8.54. The molecule has 0 spiro atoms. The van der Waals surface area contributed by atoms with Gasteiger partial charge in [0.05, 0.1) is 36.0 Å². The Bertz CT molecular complexity index is 1500. The maximum Gasteiger partial charge on any atom is 0.262 e. The van der Waals surface area contributed by atoms with Crippen LogP contribution in [0.4, 0.5) is 5.69 Å². The third kappa shape index (κ3) is 5.83. The zero-order chi connectivity index (χ0) is 28.2. The van der Waals surface area contributed by atoms with Gasteiger partial charge in [-0.1, -0.05) is 23.7 Å². The number of primary amides is 1. The van der Waals surface area contributed by atoms with Crippen molar-refractivity contribution in [3.8, 4) is 22.2 Å². The van der Waals surface area contributed by atoms with E-state index >= 15 is 0 Å². The topological polar surface area (TPSA) is 122 Å². The number of nitrogens with zero attached hydrogens (tertiary/aromatic N) is 2. The van der Waals surface area contributed by atoms with E-state index in [-0.39, 0.29) is 10.6 Å². The summed E-state index contributed by atoms with van der Waals surface area (Å²) in [7, 11) is 3.14. The molecule has 1 saturated heterocycles. The van der Waals surface area contributed by atoms with Crippen LogP contribution < -0.4 is 30.7 Å². The number of nitrogens with two attached hydrogens (primary N) is 1. The molecule has 0 aliphatic carbocycles. The number of halogens is 1. The van der Waals surface area contributed by atoms with Gasteiger partial charge in [-0.15, -0.1) is 11.3 Å². The molecule has 12 heteroatoms. The van der Waals surface area contributed by atoms with Crippen molar-refractivity contribution >= 4 is 45.6 Å². The van der Waals surface area contributed by atoms with Crippen LogP contribution in [0.2, 0.25) is 5.02 Å². The van der Waals surface area contributed by atoms with E-state index in [1.807, 2.05) is 35.8 Å². The second-order valence-corrected chi connectivity index (χ2v) is 11.0. The largest absolute Gasteiger partial charge is 0.493 e. The molecule has 0 unspecified atom stereocenters. The molecule has 2 aromatic carbocycles. The Morgan fingerprint density at radius 1 is 1.20 bits per heavy atom. The molecule has 1 aliphatic heterocycles. The van der Waals surface area contributed by atoms with Crippen LogP contribution in [0.1, 0.15) is 41.1 Å². The van der Waals surface area contributed by atoms with Crippen molar-refractivity contribution in [1.29, 1.82) is 0 Å².